The van der Waals surface area contributed by atoms with E-state index in [2.05, 4.69) is 20.9 Å². The maximum Gasteiger partial charge on any atom is 0.417 e. The number of amides is 3. The topological polar surface area (TPSA) is 92.4 Å². The number of hydrogen-bond donors (Lipinski definition) is 3. The van der Waals surface area contributed by atoms with Crippen LogP contribution < -0.4 is 20.7 Å². The number of halogens is 5. The Balaban J connectivity index is 1.68. The molecule has 0 atom stereocenters. The fourth-order valence-electron chi connectivity index (χ4n) is 2.63. The standard InChI is InChI=1S/C21H15Cl2F3N4O3/c1-27-19(31)17-10-13(6-7-28-17)33-18-5-3-12(9-16(18)23)30-20(32)29-11-2-4-15(22)14(8-11)21(24,25)26/h2-10H,1H3,(H,27,31)(H2,29,30,32). The van der Waals surface area contributed by atoms with Crippen molar-refractivity contribution in [1.82, 2.24) is 10.3 Å². The van der Waals surface area contributed by atoms with Crippen LogP contribution in [0.25, 0.3) is 0 Å². The number of ether oxygens (including phenoxy) is 1. The van der Waals surface area contributed by atoms with Crippen LogP contribution in [0.3, 0.4) is 0 Å². The van der Waals surface area contributed by atoms with E-state index in [0.29, 0.717) is 5.75 Å². The van der Waals surface area contributed by atoms with Gasteiger partial charge in [-0.15, -0.1) is 0 Å². The van der Waals surface area contributed by atoms with Crippen molar-refractivity contribution < 1.29 is 27.5 Å². The SMILES string of the molecule is CNC(=O)c1cc(Oc2ccc(NC(=O)Nc3ccc(Cl)c(C(F)(F)F)c3)cc2Cl)ccn1. The molecule has 0 saturated heterocycles. The van der Waals surface area contributed by atoms with Crippen LogP contribution in [0.4, 0.5) is 29.3 Å². The van der Waals surface area contributed by atoms with E-state index >= 15 is 0 Å². The van der Waals surface area contributed by atoms with Gasteiger partial charge in [-0.1, -0.05) is 23.2 Å². The van der Waals surface area contributed by atoms with Crippen LogP contribution in [-0.4, -0.2) is 24.0 Å². The summed E-state index contributed by atoms with van der Waals surface area (Å²) in [6, 6.07) is 9.51. The summed E-state index contributed by atoms with van der Waals surface area (Å²) in [4.78, 5) is 27.8. The first-order chi connectivity index (χ1) is 15.6. The normalized spacial score (nSPS) is 11.0. The Bertz CT molecular complexity index is 1210. The molecule has 7 nitrogen and oxygen atoms in total. The van der Waals surface area contributed by atoms with Crippen LogP contribution in [0.15, 0.2) is 54.7 Å². The van der Waals surface area contributed by atoms with E-state index in [1.54, 1.807) is 0 Å². The van der Waals surface area contributed by atoms with Crippen molar-refractivity contribution in [2.45, 2.75) is 6.18 Å². The lowest BCUT2D eigenvalue weighted by atomic mass is 10.2. The van der Waals surface area contributed by atoms with Gasteiger partial charge in [-0.2, -0.15) is 13.2 Å². The molecule has 0 spiro atoms. The van der Waals surface area contributed by atoms with Crippen LogP contribution in [0.2, 0.25) is 10.0 Å². The molecule has 3 N–H and O–H groups in total. The van der Waals surface area contributed by atoms with Crippen molar-refractivity contribution in [3.05, 3.63) is 76.0 Å². The molecule has 0 aliphatic carbocycles. The van der Waals surface area contributed by atoms with Gasteiger partial charge in [0.05, 0.1) is 15.6 Å². The molecule has 2 aromatic carbocycles. The van der Waals surface area contributed by atoms with Gasteiger partial charge < -0.3 is 20.7 Å². The summed E-state index contributed by atoms with van der Waals surface area (Å²) in [7, 11) is 1.47. The Hall–Kier alpha value is -3.50. The van der Waals surface area contributed by atoms with Gasteiger partial charge in [0.15, 0.2) is 0 Å². The van der Waals surface area contributed by atoms with Gasteiger partial charge in [-0.25, -0.2) is 4.79 Å². The lowest BCUT2D eigenvalue weighted by Crippen LogP contribution is -2.20. The van der Waals surface area contributed by atoms with E-state index < -0.39 is 22.8 Å². The number of carbonyl (C=O) groups is 2. The molecule has 0 saturated carbocycles. The number of hydrogen-bond acceptors (Lipinski definition) is 4. The minimum Gasteiger partial charge on any atom is -0.456 e. The van der Waals surface area contributed by atoms with Crippen molar-refractivity contribution in [3.63, 3.8) is 0 Å². The Labute approximate surface area is 195 Å². The van der Waals surface area contributed by atoms with Crippen molar-refractivity contribution in [2.75, 3.05) is 17.7 Å². The van der Waals surface area contributed by atoms with E-state index in [9.17, 15) is 22.8 Å². The minimum atomic E-state index is -4.66. The lowest BCUT2D eigenvalue weighted by Gasteiger charge is -2.13. The van der Waals surface area contributed by atoms with E-state index in [4.69, 9.17) is 27.9 Å². The van der Waals surface area contributed by atoms with Crippen LogP contribution in [0.1, 0.15) is 16.1 Å². The van der Waals surface area contributed by atoms with Crippen LogP contribution in [0.5, 0.6) is 11.5 Å². The highest BCUT2D eigenvalue weighted by molar-refractivity contribution is 6.32. The Morgan fingerprint density at radius 1 is 0.939 bits per heavy atom. The van der Waals surface area contributed by atoms with E-state index in [1.165, 1.54) is 49.6 Å². The molecule has 3 amide bonds. The molecular weight excluding hydrogens is 484 g/mol. The summed E-state index contributed by atoms with van der Waals surface area (Å²) < 4.78 is 44.6. The zero-order valence-corrected chi connectivity index (χ0v) is 18.3. The second-order valence-corrected chi connectivity index (χ2v) is 7.29. The third kappa shape index (κ3) is 6.27. The quantitative estimate of drug-likeness (QED) is 0.390. The number of carbonyl (C=O) groups excluding carboxylic acids is 2. The molecule has 33 heavy (non-hydrogen) atoms. The molecule has 1 heterocycles. The fraction of sp³-hybridized carbons (Fsp3) is 0.0952. The van der Waals surface area contributed by atoms with E-state index in [-0.39, 0.29) is 33.7 Å². The molecule has 0 fully saturated rings. The molecule has 12 heteroatoms. The Morgan fingerprint density at radius 2 is 1.61 bits per heavy atom. The number of pyridine rings is 1. The first-order valence-corrected chi connectivity index (χ1v) is 9.92. The average molecular weight is 499 g/mol. The highest BCUT2D eigenvalue weighted by Gasteiger charge is 2.33. The fourth-order valence-corrected chi connectivity index (χ4v) is 3.07. The molecule has 1 aromatic heterocycles. The van der Waals surface area contributed by atoms with Crippen LogP contribution in [0, 0.1) is 0 Å². The molecule has 0 unspecified atom stereocenters. The zero-order chi connectivity index (χ0) is 24.2. The second-order valence-electron chi connectivity index (χ2n) is 6.47. The molecule has 3 aromatic rings. The van der Waals surface area contributed by atoms with E-state index in [0.717, 1.165) is 12.1 Å². The van der Waals surface area contributed by atoms with Gasteiger partial charge in [0.2, 0.25) is 0 Å². The number of rotatable bonds is 5. The Kier molecular flexibility index (Phi) is 7.29. The molecule has 0 aliphatic rings. The lowest BCUT2D eigenvalue weighted by molar-refractivity contribution is -0.137. The van der Waals surface area contributed by atoms with E-state index in [1.807, 2.05) is 0 Å². The van der Waals surface area contributed by atoms with Gasteiger partial charge in [0, 0.05) is 30.7 Å². The number of aromatic nitrogens is 1. The number of nitrogens with zero attached hydrogens (tertiary/aromatic N) is 1. The zero-order valence-electron chi connectivity index (χ0n) is 16.8. The summed E-state index contributed by atoms with van der Waals surface area (Å²) in [5.74, 6) is 0.163. The van der Waals surface area contributed by atoms with Crippen LogP contribution >= 0.6 is 23.2 Å². The largest absolute Gasteiger partial charge is 0.456 e. The van der Waals surface area contributed by atoms with Gasteiger partial charge in [-0.3, -0.25) is 9.78 Å². The third-order valence-electron chi connectivity index (χ3n) is 4.14. The van der Waals surface area contributed by atoms with Crippen molar-refractivity contribution in [2.24, 2.45) is 0 Å². The summed E-state index contributed by atoms with van der Waals surface area (Å²) >= 11 is 11.8. The summed E-state index contributed by atoms with van der Waals surface area (Å²) in [5.41, 5.74) is -0.755. The predicted octanol–water partition coefficient (Wildman–Crippen LogP) is 6.20. The number of alkyl halides is 3. The molecular formula is C21H15Cl2F3N4O3. The molecule has 172 valence electrons. The first kappa shape index (κ1) is 24.1. The summed E-state index contributed by atoms with van der Waals surface area (Å²) in [6.07, 6.45) is -3.26. The highest BCUT2D eigenvalue weighted by atomic mass is 35.5. The third-order valence-corrected chi connectivity index (χ3v) is 4.76. The van der Waals surface area contributed by atoms with Crippen molar-refractivity contribution >= 4 is 46.5 Å². The molecule has 0 aliphatic heterocycles. The molecule has 0 radical (unpaired) electrons. The van der Waals surface area contributed by atoms with Gasteiger partial charge in [0.1, 0.15) is 17.2 Å². The van der Waals surface area contributed by atoms with Crippen LogP contribution in [-0.2, 0) is 6.18 Å². The summed E-state index contributed by atoms with van der Waals surface area (Å²) in [6.45, 7) is 0. The van der Waals surface area contributed by atoms with Gasteiger partial charge >= 0.3 is 12.2 Å². The first-order valence-electron chi connectivity index (χ1n) is 9.17. The molecule has 3 rings (SSSR count). The smallest absolute Gasteiger partial charge is 0.417 e. The van der Waals surface area contributed by atoms with Crippen molar-refractivity contribution in [1.29, 1.82) is 0 Å². The Morgan fingerprint density at radius 3 is 2.24 bits per heavy atom. The maximum absolute atomic E-state index is 13.0. The number of urea groups is 1. The monoisotopic (exact) mass is 498 g/mol. The predicted molar refractivity (Wildman–Crippen MR) is 118 cm³/mol. The van der Waals surface area contributed by atoms with Gasteiger partial charge in [-0.05, 0) is 42.5 Å². The average Bonchev–Trinajstić information content (AvgIpc) is 2.76. The van der Waals surface area contributed by atoms with Gasteiger partial charge in [0.25, 0.3) is 5.91 Å². The second kappa shape index (κ2) is 9.97. The number of nitrogens with one attached hydrogen (secondary N) is 3. The minimum absolute atomic E-state index is 0.0973. The molecule has 0 bridgehead atoms. The highest BCUT2D eigenvalue weighted by Crippen LogP contribution is 2.36. The number of anilines is 2. The number of benzene rings is 2. The summed E-state index contributed by atoms with van der Waals surface area (Å²) in [5, 5.41) is 6.86. The maximum atomic E-state index is 13.0. The van der Waals surface area contributed by atoms with Crippen molar-refractivity contribution in [3.8, 4) is 11.5 Å².